The van der Waals surface area contributed by atoms with Crippen molar-refractivity contribution in [1.82, 2.24) is 10.6 Å². The molecule has 0 aliphatic carbocycles. The summed E-state index contributed by atoms with van der Waals surface area (Å²) in [5.41, 5.74) is 4.99. The summed E-state index contributed by atoms with van der Waals surface area (Å²) in [5.74, 6) is -2.36. The van der Waals surface area contributed by atoms with Crippen LogP contribution < -0.4 is 21.1 Å². The number of primary amides is 1. The number of nitrogens with two attached hydrogens (primary N) is 1. The Morgan fingerprint density at radius 3 is 2.13 bits per heavy atom. The second-order valence-electron chi connectivity index (χ2n) is 4.36. The molecule has 1 aromatic rings. The number of hydrogen-bond acceptors (Lipinski definition) is 5. The van der Waals surface area contributed by atoms with Crippen LogP contribution in [0.2, 0.25) is 10.0 Å². The first-order valence-electron chi connectivity index (χ1n) is 6.06. The van der Waals surface area contributed by atoms with E-state index in [1.165, 1.54) is 18.2 Å². The fourth-order valence-corrected chi connectivity index (χ4v) is 2.33. The summed E-state index contributed by atoms with van der Waals surface area (Å²) in [6, 6.07) is 1.84. The van der Waals surface area contributed by atoms with Crippen molar-refractivity contribution in [3.63, 3.8) is 0 Å². The molecule has 0 unspecified atom stereocenters. The number of imide groups is 2. The molecule has 1 aromatic carbocycles. The summed E-state index contributed by atoms with van der Waals surface area (Å²) in [4.78, 5) is 44.9. The molecule has 1 heterocycles. The largest absolute Gasteiger partial charge is 0.481 e. The molecule has 0 spiro atoms. The van der Waals surface area contributed by atoms with Crippen LogP contribution in [0.15, 0.2) is 17.7 Å². The molecule has 1 fully saturated rings. The molecule has 8 nitrogen and oxygen atoms in total. The predicted octanol–water partition coefficient (Wildman–Crippen LogP) is 0.607. The second kappa shape index (κ2) is 6.67. The molecule has 0 bridgehead atoms. The van der Waals surface area contributed by atoms with Crippen molar-refractivity contribution >= 4 is 53.0 Å². The highest BCUT2D eigenvalue weighted by molar-refractivity contribution is 6.37. The molecular weight excluding hydrogens is 349 g/mol. The van der Waals surface area contributed by atoms with Crippen LogP contribution in [-0.2, 0) is 14.4 Å². The van der Waals surface area contributed by atoms with Gasteiger partial charge in [-0.15, -0.1) is 0 Å². The minimum Gasteiger partial charge on any atom is -0.481 e. The lowest BCUT2D eigenvalue weighted by Gasteiger charge is -2.14. The Bertz CT molecular complexity index is 715. The first-order valence-corrected chi connectivity index (χ1v) is 6.82. The van der Waals surface area contributed by atoms with E-state index in [2.05, 4.69) is 0 Å². The van der Waals surface area contributed by atoms with Gasteiger partial charge in [0.05, 0.1) is 10.0 Å². The Balaban J connectivity index is 2.32. The summed E-state index contributed by atoms with van der Waals surface area (Å²) < 4.78 is 5.07. The Morgan fingerprint density at radius 2 is 1.65 bits per heavy atom. The highest BCUT2D eigenvalue weighted by Crippen LogP contribution is 2.34. The molecule has 5 amide bonds. The molecule has 23 heavy (non-hydrogen) atoms. The van der Waals surface area contributed by atoms with Crippen molar-refractivity contribution in [1.29, 1.82) is 0 Å². The van der Waals surface area contributed by atoms with Crippen LogP contribution in [0.4, 0.5) is 4.79 Å². The van der Waals surface area contributed by atoms with Crippen molar-refractivity contribution in [2.45, 2.75) is 0 Å². The zero-order valence-corrected chi connectivity index (χ0v) is 12.8. The number of rotatable bonds is 4. The number of halogens is 2. The van der Waals surface area contributed by atoms with Crippen molar-refractivity contribution in [2.75, 3.05) is 6.61 Å². The Kier molecular flexibility index (Phi) is 4.87. The van der Waals surface area contributed by atoms with Crippen LogP contribution in [0.25, 0.3) is 6.08 Å². The van der Waals surface area contributed by atoms with E-state index in [9.17, 15) is 19.2 Å². The molecule has 0 atom stereocenters. The average molecular weight is 358 g/mol. The molecule has 1 saturated heterocycles. The van der Waals surface area contributed by atoms with Crippen molar-refractivity contribution in [3.05, 3.63) is 33.3 Å². The normalized spacial score (nSPS) is 14.2. The Labute approximate surface area is 139 Å². The van der Waals surface area contributed by atoms with Crippen LogP contribution in [0, 0.1) is 0 Å². The van der Waals surface area contributed by atoms with Gasteiger partial charge in [0.25, 0.3) is 17.7 Å². The van der Waals surface area contributed by atoms with E-state index in [0.717, 1.165) is 0 Å². The summed E-state index contributed by atoms with van der Waals surface area (Å²) in [6.45, 7) is -0.410. The molecule has 2 rings (SSSR count). The van der Waals surface area contributed by atoms with Crippen LogP contribution in [-0.4, -0.2) is 30.4 Å². The molecule has 4 N–H and O–H groups in total. The highest BCUT2D eigenvalue weighted by Gasteiger charge is 2.27. The van der Waals surface area contributed by atoms with E-state index in [-0.39, 0.29) is 21.4 Å². The summed E-state index contributed by atoms with van der Waals surface area (Å²) in [7, 11) is 0. The van der Waals surface area contributed by atoms with Gasteiger partial charge in [-0.1, -0.05) is 23.2 Å². The fourth-order valence-electron chi connectivity index (χ4n) is 1.72. The maximum Gasteiger partial charge on any atom is 0.328 e. The summed E-state index contributed by atoms with van der Waals surface area (Å²) in [5, 5.41) is 3.97. The predicted molar refractivity (Wildman–Crippen MR) is 80.8 cm³/mol. The third-order valence-corrected chi connectivity index (χ3v) is 3.20. The molecule has 1 aliphatic rings. The summed E-state index contributed by atoms with van der Waals surface area (Å²) in [6.07, 6.45) is 1.20. The van der Waals surface area contributed by atoms with E-state index >= 15 is 0 Å². The van der Waals surface area contributed by atoms with Crippen LogP contribution in [0.5, 0.6) is 5.75 Å². The van der Waals surface area contributed by atoms with Crippen LogP contribution in [0.1, 0.15) is 5.56 Å². The zero-order valence-electron chi connectivity index (χ0n) is 11.3. The van der Waals surface area contributed by atoms with Crippen LogP contribution in [0.3, 0.4) is 0 Å². The number of carbonyl (C=O) groups is 4. The highest BCUT2D eigenvalue weighted by atomic mass is 35.5. The number of carbonyl (C=O) groups excluding carboxylic acids is 4. The second-order valence-corrected chi connectivity index (χ2v) is 5.18. The SMILES string of the molecule is NC(=O)COc1c(Cl)cc(C=C2C(=O)NC(=O)NC2=O)cc1Cl. The number of barbiturate groups is 1. The average Bonchev–Trinajstić information content (AvgIpc) is 2.41. The maximum absolute atomic E-state index is 11.6. The smallest absolute Gasteiger partial charge is 0.328 e. The number of ether oxygens (including phenoxy) is 1. The van der Waals surface area contributed by atoms with Gasteiger partial charge in [-0.3, -0.25) is 25.0 Å². The van der Waals surface area contributed by atoms with Crippen LogP contribution >= 0.6 is 23.2 Å². The topological polar surface area (TPSA) is 128 Å². The van der Waals surface area contributed by atoms with Crippen molar-refractivity contribution in [3.8, 4) is 5.75 Å². The van der Waals surface area contributed by atoms with Gasteiger partial charge in [-0.25, -0.2) is 4.79 Å². The van der Waals surface area contributed by atoms with E-state index in [4.69, 9.17) is 33.7 Å². The van der Waals surface area contributed by atoms with E-state index in [0.29, 0.717) is 5.56 Å². The molecule has 0 aromatic heterocycles. The number of hydrogen-bond donors (Lipinski definition) is 3. The minimum absolute atomic E-state index is 0.0435. The summed E-state index contributed by atoms with van der Waals surface area (Å²) >= 11 is 12.0. The van der Waals surface area contributed by atoms with Crippen molar-refractivity contribution < 1.29 is 23.9 Å². The van der Waals surface area contributed by atoms with Gasteiger partial charge in [0, 0.05) is 0 Å². The molecule has 0 saturated carbocycles. The standard InChI is InChI=1S/C13H9Cl2N3O5/c14-7-2-5(3-8(15)10(7)23-4-9(16)19)1-6-11(20)17-13(22)18-12(6)21/h1-3H,4H2,(H2,16,19)(H2,17,18,20,21,22). The number of benzene rings is 1. The maximum atomic E-state index is 11.6. The molecule has 120 valence electrons. The van der Waals surface area contributed by atoms with E-state index in [1.54, 1.807) is 0 Å². The third kappa shape index (κ3) is 3.99. The fraction of sp³-hybridized carbons (Fsp3) is 0.0769. The third-order valence-electron chi connectivity index (χ3n) is 2.63. The Morgan fingerprint density at radius 1 is 1.13 bits per heavy atom. The quantitative estimate of drug-likeness (QED) is 0.537. The lowest BCUT2D eigenvalue weighted by Crippen LogP contribution is -2.51. The monoisotopic (exact) mass is 357 g/mol. The van der Waals surface area contributed by atoms with Gasteiger partial charge in [0.15, 0.2) is 12.4 Å². The minimum atomic E-state index is -0.900. The van der Waals surface area contributed by atoms with Gasteiger partial charge in [0.1, 0.15) is 5.57 Å². The molecule has 1 aliphatic heterocycles. The zero-order chi connectivity index (χ0) is 17.1. The van der Waals surface area contributed by atoms with Gasteiger partial charge in [0.2, 0.25) is 0 Å². The number of nitrogens with one attached hydrogen (secondary N) is 2. The lowest BCUT2D eigenvalue weighted by molar-refractivity contribution is -0.124. The number of amides is 5. The van der Waals surface area contributed by atoms with Crippen molar-refractivity contribution in [2.24, 2.45) is 5.73 Å². The number of urea groups is 1. The lowest BCUT2D eigenvalue weighted by atomic mass is 10.1. The first-order chi connectivity index (χ1) is 10.8. The molecular formula is C13H9Cl2N3O5. The van der Waals surface area contributed by atoms with E-state index < -0.39 is 30.4 Å². The van der Waals surface area contributed by atoms with Gasteiger partial charge in [-0.05, 0) is 23.8 Å². The first kappa shape index (κ1) is 16.8. The van der Waals surface area contributed by atoms with Gasteiger partial charge >= 0.3 is 6.03 Å². The molecule has 0 radical (unpaired) electrons. The van der Waals surface area contributed by atoms with Gasteiger partial charge < -0.3 is 10.5 Å². The molecule has 10 heteroatoms. The Hall–Kier alpha value is -2.58. The van der Waals surface area contributed by atoms with E-state index in [1.807, 2.05) is 10.6 Å². The van der Waals surface area contributed by atoms with Gasteiger partial charge in [-0.2, -0.15) is 0 Å².